The molecule has 0 aromatic carbocycles. The van der Waals surface area contributed by atoms with Crippen LogP contribution >= 0.6 is 0 Å². The van der Waals surface area contributed by atoms with E-state index in [0.717, 1.165) is 12.8 Å². The summed E-state index contributed by atoms with van der Waals surface area (Å²) in [6.07, 6.45) is 5.89. The smallest absolute Gasteiger partial charge is 0.237 e. The van der Waals surface area contributed by atoms with Gasteiger partial charge in [-0.2, -0.15) is 0 Å². The zero-order valence-corrected chi connectivity index (χ0v) is 7.19. The second kappa shape index (κ2) is 6.39. The van der Waals surface area contributed by atoms with Crippen LogP contribution in [0.2, 0.25) is 0 Å². The normalized spacial score (nSPS) is 10.1. The van der Waals surface area contributed by atoms with E-state index < -0.39 is 5.91 Å². The van der Waals surface area contributed by atoms with E-state index in [-0.39, 0.29) is 6.54 Å². The minimum atomic E-state index is -0.511. The predicted octanol–water partition coefficient (Wildman–Crippen LogP) is 0.244. The average molecular weight is 170 g/mol. The van der Waals surface area contributed by atoms with Gasteiger partial charge in [-0.15, -0.1) is 0 Å². The second-order valence-corrected chi connectivity index (χ2v) is 2.42. The van der Waals surface area contributed by atoms with Gasteiger partial charge < -0.3 is 10.6 Å². The van der Waals surface area contributed by atoms with Crippen LogP contribution in [0.3, 0.4) is 0 Å². The van der Waals surface area contributed by atoms with Gasteiger partial charge in [-0.05, 0) is 6.42 Å². The van der Waals surface area contributed by atoms with Crippen LogP contribution in [0, 0.1) is 0 Å². The number of amides is 2. The van der Waals surface area contributed by atoms with Crippen LogP contribution in [0.4, 0.5) is 0 Å². The van der Waals surface area contributed by atoms with Crippen molar-refractivity contribution in [2.75, 3.05) is 6.54 Å². The fourth-order valence-corrected chi connectivity index (χ4v) is 0.682. The predicted molar refractivity (Wildman–Crippen MR) is 46.0 cm³/mol. The van der Waals surface area contributed by atoms with Crippen molar-refractivity contribution in [2.45, 2.75) is 19.8 Å². The number of unbranched alkanes of at least 4 members (excludes halogenated alkanes) is 1. The molecule has 0 aliphatic carbocycles. The molecule has 0 heterocycles. The average Bonchev–Trinajstić information content (AvgIpc) is 2.02. The van der Waals surface area contributed by atoms with Gasteiger partial charge in [-0.1, -0.05) is 19.4 Å². The van der Waals surface area contributed by atoms with Crippen molar-refractivity contribution >= 4 is 12.3 Å². The first-order valence-electron chi connectivity index (χ1n) is 3.86. The Bertz CT molecular complexity index is 178. The van der Waals surface area contributed by atoms with Crippen molar-refractivity contribution in [3.63, 3.8) is 0 Å². The van der Waals surface area contributed by atoms with Crippen LogP contribution in [0.1, 0.15) is 19.8 Å². The highest BCUT2D eigenvalue weighted by Gasteiger charge is 1.99. The van der Waals surface area contributed by atoms with E-state index in [2.05, 4.69) is 0 Å². The molecule has 68 valence electrons. The minimum absolute atomic E-state index is 0.0519. The molecule has 0 radical (unpaired) electrons. The highest BCUT2D eigenvalue weighted by Crippen LogP contribution is 1.91. The van der Waals surface area contributed by atoms with Gasteiger partial charge >= 0.3 is 0 Å². The van der Waals surface area contributed by atoms with Gasteiger partial charge in [0.2, 0.25) is 12.3 Å². The molecule has 0 spiro atoms. The molecule has 0 bridgehead atoms. The molecule has 0 saturated heterocycles. The van der Waals surface area contributed by atoms with Gasteiger partial charge in [0.1, 0.15) is 6.54 Å². The first-order chi connectivity index (χ1) is 5.70. The van der Waals surface area contributed by atoms with E-state index in [9.17, 15) is 9.59 Å². The molecule has 0 fully saturated rings. The molecular weight excluding hydrogens is 156 g/mol. The lowest BCUT2D eigenvalue weighted by Crippen LogP contribution is -2.28. The van der Waals surface area contributed by atoms with E-state index >= 15 is 0 Å². The molecule has 4 nitrogen and oxygen atoms in total. The number of allylic oxidation sites excluding steroid dienone is 1. The Hall–Kier alpha value is -1.32. The zero-order chi connectivity index (χ0) is 9.40. The summed E-state index contributed by atoms with van der Waals surface area (Å²) >= 11 is 0. The van der Waals surface area contributed by atoms with E-state index in [1.165, 1.54) is 4.90 Å². The second-order valence-electron chi connectivity index (χ2n) is 2.42. The van der Waals surface area contributed by atoms with Gasteiger partial charge in [0, 0.05) is 6.20 Å². The molecule has 0 saturated carbocycles. The SMILES string of the molecule is CCC/C=C\N(C=O)CC(N)=O. The van der Waals surface area contributed by atoms with Crippen molar-refractivity contribution in [2.24, 2.45) is 5.73 Å². The molecule has 12 heavy (non-hydrogen) atoms. The lowest BCUT2D eigenvalue weighted by Gasteiger charge is -2.07. The molecule has 0 aliphatic rings. The summed E-state index contributed by atoms with van der Waals surface area (Å²) in [6, 6.07) is 0. The Morgan fingerprint density at radius 1 is 1.58 bits per heavy atom. The number of rotatable bonds is 6. The molecule has 0 unspecified atom stereocenters. The summed E-state index contributed by atoms with van der Waals surface area (Å²) < 4.78 is 0. The lowest BCUT2D eigenvalue weighted by atomic mass is 10.3. The standard InChI is InChI=1S/C8H14N2O2/c1-2-3-4-5-10(7-11)6-8(9)12/h4-5,7H,2-3,6H2,1H3,(H2,9,12)/b5-4-. The van der Waals surface area contributed by atoms with E-state index in [4.69, 9.17) is 5.73 Å². The molecule has 0 atom stereocenters. The summed E-state index contributed by atoms with van der Waals surface area (Å²) in [5.41, 5.74) is 4.90. The fourth-order valence-electron chi connectivity index (χ4n) is 0.682. The molecule has 0 aromatic rings. The van der Waals surface area contributed by atoms with E-state index in [1.807, 2.05) is 13.0 Å². The van der Waals surface area contributed by atoms with Crippen molar-refractivity contribution in [1.29, 1.82) is 0 Å². The highest BCUT2D eigenvalue weighted by molar-refractivity contribution is 5.78. The fraction of sp³-hybridized carbons (Fsp3) is 0.500. The summed E-state index contributed by atoms with van der Waals surface area (Å²) in [4.78, 5) is 21.9. The molecule has 0 aliphatic heterocycles. The van der Waals surface area contributed by atoms with Crippen molar-refractivity contribution in [1.82, 2.24) is 4.90 Å². The Kier molecular flexibility index (Phi) is 5.69. The Labute approximate surface area is 72.0 Å². The van der Waals surface area contributed by atoms with Crippen LogP contribution in [0.25, 0.3) is 0 Å². The monoisotopic (exact) mass is 170 g/mol. The first kappa shape index (κ1) is 10.7. The van der Waals surface area contributed by atoms with Crippen LogP contribution in [0.15, 0.2) is 12.3 Å². The summed E-state index contributed by atoms with van der Waals surface area (Å²) in [6.45, 7) is 1.98. The Morgan fingerprint density at radius 2 is 2.25 bits per heavy atom. The maximum Gasteiger partial charge on any atom is 0.237 e. The van der Waals surface area contributed by atoms with Crippen molar-refractivity contribution in [3.05, 3.63) is 12.3 Å². The van der Waals surface area contributed by atoms with Crippen LogP contribution < -0.4 is 5.73 Å². The molecule has 2 amide bonds. The topological polar surface area (TPSA) is 63.4 Å². The number of carbonyl (C=O) groups is 2. The third-order valence-corrected chi connectivity index (χ3v) is 1.23. The van der Waals surface area contributed by atoms with Gasteiger partial charge in [0.25, 0.3) is 0 Å². The molecular formula is C8H14N2O2. The van der Waals surface area contributed by atoms with Gasteiger partial charge in [0.05, 0.1) is 0 Å². The van der Waals surface area contributed by atoms with Crippen LogP contribution in [-0.2, 0) is 9.59 Å². The lowest BCUT2D eigenvalue weighted by molar-refractivity contribution is -0.124. The first-order valence-corrected chi connectivity index (χ1v) is 3.86. The van der Waals surface area contributed by atoms with Crippen molar-refractivity contribution < 1.29 is 9.59 Å². The molecule has 0 rings (SSSR count). The van der Waals surface area contributed by atoms with Gasteiger partial charge in [0.15, 0.2) is 0 Å². The number of hydrogen-bond donors (Lipinski definition) is 1. The van der Waals surface area contributed by atoms with Gasteiger partial charge in [-0.3, -0.25) is 9.59 Å². The third-order valence-electron chi connectivity index (χ3n) is 1.23. The largest absolute Gasteiger partial charge is 0.368 e. The number of carbonyl (C=O) groups excluding carboxylic acids is 2. The Balaban J connectivity index is 3.81. The zero-order valence-electron chi connectivity index (χ0n) is 7.19. The molecule has 0 aromatic heterocycles. The maximum atomic E-state index is 10.4. The Morgan fingerprint density at radius 3 is 2.67 bits per heavy atom. The van der Waals surface area contributed by atoms with Gasteiger partial charge in [-0.25, -0.2) is 0 Å². The van der Waals surface area contributed by atoms with Crippen LogP contribution in [0.5, 0.6) is 0 Å². The maximum absolute atomic E-state index is 10.4. The number of nitrogens with two attached hydrogens (primary N) is 1. The third kappa shape index (κ3) is 5.46. The number of hydrogen-bond acceptors (Lipinski definition) is 2. The highest BCUT2D eigenvalue weighted by atomic mass is 16.2. The van der Waals surface area contributed by atoms with Crippen LogP contribution in [-0.4, -0.2) is 23.8 Å². The number of primary amides is 1. The quantitative estimate of drug-likeness (QED) is 0.580. The van der Waals surface area contributed by atoms with E-state index in [1.54, 1.807) is 6.20 Å². The summed E-state index contributed by atoms with van der Waals surface area (Å²) in [5.74, 6) is -0.511. The molecule has 4 heteroatoms. The van der Waals surface area contributed by atoms with Crippen molar-refractivity contribution in [3.8, 4) is 0 Å². The molecule has 2 N–H and O–H groups in total. The summed E-state index contributed by atoms with van der Waals surface area (Å²) in [7, 11) is 0. The minimum Gasteiger partial charge on any atom is -0.368 e. The number of nitrogens with zero attached hydrogens (tertiary/aromatic N) is 1. The summed E-state index contributed by atoms with van der Waals surface area (Å²) in [5, 5.41) is 0. The van der Waals surface area contributed by atoms with E-state index in [0.29, 0.717) is 6.41 Å².